The van der Waals surface area contributed by atoms with E-state index in [1.54, 1.807) is 31.3 Å². The molecule has 0 N–H and O–H groups in total. The highest BCUT2D eigenvalue weighted by Crippen LogP contribution is 2.29. The van der Waals surface area contributed by atoms with Crippen LogP contribution in [-0.4, -0.2) is 19.0 Å². The van der Waals surface area contributed by atoms with Gasteiger partial charge in [0.1, 0.15) is 5.65 Å². The lowest BCUT2D eigenvalue weighted by Crippen LogP contribution is -2.39. The van der Waals surface area contributed by atoms with Crippen molar-refractivity contribution < 1.29 is 4.92 Å². The summed E-state index contributed by atoms with van der Waals surface area (Å²) < 4.78 is 2.45. The highest BCUT2D eigenvalue weighted by atomic mass is 16.6. The van der Waals surface area contributed by atoms with Crippen LogP contribution in [0.4, 0.5) is 5.69 Å². The van der Waals surface area contributed by atoms with Crippen LogP contribution < -0.4 is 11.2 Å². The number of fused-ring (bicyclic) bond motifs is 1. The summed E-state index contributed by atoms with van der Waals surface area (Å²) in [6.07, 6.45) is 1.44. The first kappa shape index (κ1) is 18.3. The van der Waals surface area contributed by atoms with Crippen LogP contribution in [0.15, 0.2) is 76.4 Å². The van der Waals surface area contributed by atoms with Gasteiger partial charge in [0.05, 0.1) is 22.4 Å². The first-order valence-corrected chi connectivity index (χ1v) is 8.84. The number of hydrogen-bond acceptors (Lipinski definition) is 5. The van der Waals surface area contributed by atoms with Gasteiger partial charge in [0.25, 0.3) is 11.2 Å². The molecule has 144 valence electrons. The van der Waals surface area contributed by atoms with Crippen LogP contribution in [-0.2, 0) is 13.6 Å². The molecule has 4 aromatic rings. The van der Waals surface area contributed by atoms with E-state index in [4.69, 9.17) is 0 Å². The number of pyridine rings is 1. The Morgan fingerprint density at radius 1 is 1.03 bits per heavy atom. The monoisotopic (exact) mass is 388 g/mol. The smallest absolute Gasteiger partial charge is 0.280 e. The predicted molar refractivity (Wildman–Crippen MR) is 109 cm³/mol. The normalized spacial score (nSPS) is 10.9. The summed E-state index contributed by atoms with van der Waals surface area (Å²) in [5.74, 6) is 0. The molecule has 0 atom stereocenters. The molecule has 0 unspecified atom stereocenters. The Bertz CT molecular complexity index is 1360. The molecular weight excluding hydrogens is 372 g/mol. The molecule has 0 amide bonds. The summed E-state index contributed by atoms with van der Waals surface area (Å²) in [5, 5.41) is 11.6. The number of nitro benzene ring substituents is 1. The van der Waals surface area contributed by atoms with Crippen LogP contribution in [0.2, 0.25) is 0 Å². The van der Waals surface area contributed by atoms with Gasteiger partial charge < -0.3 is 0 Å². The van der Waals surface area contributed by atoms with Crippen molar-refractivity contribution in [3.63, 3.8) is 0 Å². The minimum atomic E-state index is -0.486. The Morgan fingerprint density at radius 3 is 2.45 bits per heavy atom. The van der Waals surface area contributed by atoms with Crippen LogP contribution >= 0.6 is 0 Å². The molecule has 29 heavy (non-hydrogen) atoms. The number of nitrogens with zero attached hydrogens (tertiary/aromatic N) is 4. The number of para-hydroxylation sites is 1. The molecule has 0 aliphatic carbocycles. The Kier molecular flexibility index (Phi) is 4.52. The molecule has 0 saturated heterocycles. The maximum atomic E-state index is 13.1. The lowest BCUT2D eigenvalue weighted by Gasteiger charge is -2.11. The predicted octanol–water partition coefficient (Wildman–Crippen LogP) is 2.72. The molecule has 8 nitrogen and oxygen atoms in total. The summed E-state index contributed by atoms with van der Waals surface area (Å²) >= 11 is 0. The zero-order chi connectivity index (χ0) is 20.5. The van der Waals surface area contributed by atoms with E-state index in [2.05, 4.69) is 4.98 Å². The van der Waals surface area contributed by atoms with E-state index in [1.165, 1.54) is 16.8 Å². The average molecular weight is 388 g/mol. The van der Waals surface area contributed by atoms with E-state index in [0.717, 1.165) is 10.1 Å². The van der Waals surface area contributed by atoms with Gasteiger partial charge in [0, 0.05) is 24.9 Å². The lowest BCUT2D eigenvalue weighted by molar-refractivity contribution is -0.384. The summed E-state index contributed by atoms with van der Waals surface area (Å²) in [5.41, 5.74) is 0.794. The first-order chi connectivity index (χ1) is 14.0. The fourth-order valence-electron chi connectivity index (χ4n) is 3.32. The van der Waals surface area contributed by atoms with E-state index in [-0.39, 0.29) is 23.3 Å². The van der Waals surface area contributed by atoms with Crippen molar-refractivity contribution in [2.45, 2.75) is 6.54 Å². The highest BCUT2D eigenvalue weighted by Gasteiger charge is 2.18. The molecule has 0 bridgehead atoms. The van der Waals surface area contributed by atoms with Crippen molar-refractivity contribution in [1.82, 2.24) is 14.1 Å². The molecular formula is C21H16N4O4. The molecule has 0 radical (unpaired) electrons. The minimum absolute atomic E-state index is 0.0805. The molecule has 4 rings (SSSR count). The summed E-state index contributed by atoms with van der Waals surface area (Å²) in [6.45, 7) is 0.123. The second-order valence-corrected chi connectivity index (χ2v) is 6.59. The van der Waals surface area contributed by atoms with E-state index in [1.807, 2.05) is 30.3 Å². The number of hydrogen-bond donors (Lipinski definition) is 0. The zero-order valence-electron chi connectivity index (χ0n) is 15.5. The Labute approximate surface area is 164 Å². The van der Waals surface area contributed by atoms with Crippen LogP contribution in [0.25, 0.3) is 22.2 Å². The lowest BCUT2D eigenvalue weighted by atomic mass is 10.0. The van der Waals surface area contributed by atoms with Gasteiger partial charge in [0.2, 0.25) is 0 Å². The SMILES string of the molecule is Cn1c(=O)n(Cc2ccccc2)c(=O)c2cc(-c3ccccc3[N+](=O)[O-])cnc21. The van der Waals surface area contributed by atoms with Gasteiger partial charge in [0.15, 0.2) is 0 Å². The second-order valence-electron chi connectivity index (χ2n) is 6.59. The maximum absolute atomic E-state index is 13.1. The van der Waals surface area contributed by atoms with Crippen molar-refractivity contribution in [3.05, 3.63) is 103 Å². The third-order valence-electron chi connectivity index (χ3n) is 4.77. The van der Waals surface area contributed by atoms with Crippen molar-refractivity contribution in [3.8, 4) is 11.1 Å². The number of aromatic nitrogens is 3. The van der Waals surface area contributed by atoms with Gasteiger partial charge in [-0.25, -0.2) is 9.78 Å². The summed E-state index contributed by atoms with van der Waals surface area (Å²) in [6, 6.07) is 17.0. The quantitative estimate of drug-likeness (QED) is 0.395. The van der Waals surface area contributed by atoms with Gasteiger partial charge >= 0.3 is 5.69 Å². The van der Waals surface area contributed by atoms with Crippen LogP contribution in [0.5, 0.6) is 0 Å². The fourth-order valence-corrected chi connectivity index (χ4v) is 3.32. The Balaban J connectivity index is 1.95. The Morgan fingerprint density at radius 2 is 1.72 bits per heavy atom. The summed E-state index contributed by atoms with van der Waals surface area (Å²) in [7, 11) is 1.54. The van der Waals surface area contributed by atoms with Crippen LogP contribution in [0, 0.1) is 10.1 Å². The third-order valence-corrected chi connectivity index (χ3v) is 4.77. The van der Waals surface area contributed by atoms with Crippen molar-refractivity contribution in [2.24, 2.45) is 7.05 Å². The molecule has 0 aliphatic rings. The molecule has 0 saturated carbocycles. The maximum Gasteiger partial charge on any atom is 0.332 e. The van der Waals surface area contributed by atoms with Gasteiger partial charge in [-0.2, -0.15) is 0 Å². The number of nitro groups is 1. The molecule has 0 fully saturated rings. The van der Waals surface area contributed by atoms with Gasteiger partial charge in [-0.15, -0.1) is 0 Å². The molecule has 8 heteroatoms. The van der Waals surface area contributed by atoms with E-state index >= 15 is 0 Å². The largest absolute Gasteiger partial charge is 0.332 e. The van der Waals surface area contributed by atoms with Crippen molar-refractivity contribution >= 4 is 16.7 Å². The molecule has 0 spiro atoms. The third kappa shape index (κ3) is 3.20. The van der Waals surface area contributed by atoms with E-state index in [9.17, 15) is 19.7 Å². The number of aryl methyl sites for hydroxylation is 1. The number of rotatable bonds is 4. The van der Waals surface area contributed by atoms with Gasteiger partial charge in [-0.3, -0.25) is 24.0 Å². The van der Waals surface area contributed by atoms with E-state index < -0.39 is 16.2 Å². The van der Waals surface area contributed by atoms with Gasteiger partial charge in [-0.05, 0) is 17.7 Å². The molecule has 2 aromatic carbocycles. The molecule has 2 heterocycles. The van der Waals surface area contributed by atoms with Crippen LogP contribution in [0.1, 0.15) is 5.56 Å². The minimum Gasteiger partial charge on any atom is -0.280 e. The van der Waals surface area contributed by atoms with Crippen LogP contribution in [0.3, 0.4) is 0 Å². The van der Waals surface area contributed by atoms with Crippen molar-refractivity contribution in [1.29, 1.82) is 0 Å². The average Bonchev–Trinajstić information content (AvgIpc) is 2.75. The Hall–Kier alpha value is -4.07. The highest BCUT2D eigenvalue weighted by molar-refractivity contribution is 5.83. The number of benzene rings is 2. The standard InChI is InChI=1S/C21H16N4O4/c1-23-19-17(20(26)24(21(23)27)13-14-7-3-2-4-8-14)11-15(12-22-19)16-9-5-6-10-18(16)25(28)29/h2-12H,13H2,1H3. The summed E-state index contributed by atoms with van der Waals surface area (Å²) in [4.78, 5) is 40.9. The first-order valence-electron chi connectivity index (χ1n) is 8.84. The molecule has 2 aromatic heterocycles. The van der Waals surface area contributed by atoms with E-state index in [0.29, 0.717) is 11.1 Å². The fraction of sp³-hybridized carbons (Fsp3) is 0.0952. The molecule has 0 aliphatic heterocycles. The van der Waals surface area contributed by atoms with Crippen molar-refractivity contribution in [2.75, 3.05) is 0 Å². The zero-order valence-corrected chi connectivity index (χ0v) is 15.5. The topological polar surface area (TPSA) is 100 Å². The second kappa shape index (κ2) is 7.16. The van der Waals surface area contributed by atoms with Gasteiger partial charge in [-0.1, -0.05) is 42.5 Å².